The van der Waals surface area contributed by atoms with Gasteiger partial charge in [0.1, 0.15) is 11.3 Å². The molecule has 2 heterocycles. The Morgan fingerprint density at radius 1 is 1.12 bits per heavy atom. The molecule has 2 aromatic carbocycles. The number of aryl methyl sites for hydroxylation is 2. The number of rotatable bonds is 3. The van der Waals surface area contributed by atoms with Crippen LogP contribution in [0.5, 0.6) is 0 Å². The number of carbonyl (C=O) groups excluding carboxylic acids is 1. The molecule has 0 unspecified atom stereocenters. The number of hydrogen-bond acceptors (Lipinski definition) is 3. The average Bonchev–Trinajstić information content (AvgIpc) is 3.03. The lowest BCUT2D eigenvalue weighted by molar-refractivity contribution is 0.0528. The second-order valence-corrected chi connectivity index (χ2v) is 5.79. The van der Waals surface area contributed by atoms with E-state index in [1.807, 2.05) is 54.1 Å². The normalized spacial score (nSPS) is 12.4. The zero-order valence-corrected chi connectivity index (χ0v) is 13.5. The maximum absolute atomic E-state index is 12.7. The van der Waals surface area contributed by atoms with Crippen LogP contribution < -0.4 is 0 Å². The van der Waals surface area contributed by atoms with E-state index in [2.05, 4.69) is 12.1 Å². The third kappa shape index (κ3) is 2.31. The van der Waals surface area contributed by atoms with Crippen LogP contribution >= 0.6 is 0 Å². The standard InChI is InChI=1S/C20H18N2O2/c1-2-24-20(23)17-18(15-9-4-3-5-10-15)21-22-13-12-14-8-6-7-11-16(14)19(17)22/h3-11H,2,12-13H2,1H3. The molecule has 0 atom stereocenters. The number of carbonyl (C=O) groups is 1. The van der Waals surface area contributed by atoms with Crippen molar-refractivity contribution >= 4 is 5.97 Å². The van der Waals surface area contributed by atoms with Gasteiger partial charge in [-0.3, -0.25) is 4.68 Å². The lowest BCUT2D eigenvalue weighted by Crippen LogP contribution is -2.14. The molecule has 120 valence electrons. The Balaban J connectivity index is 1.98. The second-order valence-electron chi connectivity index (χ2n) is 5.79. The SMILES string of the molecule is CCOC(=O)c1c(-c2ccccc2)nn2c1-c1ccccc1CC2. The molecule has 0 aliphatic carbocycles. The van der Waals surface area contributed by atoms with Crippen LogP contribution in [-0.2, 0) is 17.7 Å². The van der Waals surface area contributed by atoms with Gasteiger partial charge in [-0.05, 0) is 18.9 Å². The number of fused-ring (bicyclic) bond motifs is 3. The minimum Gasteiger partial charge on any atom is -0.462 e. The van der Waals surface area contributed by atoms with Gasteiger partial charge in [0.05, 0.1) is 12.3 Å². The molecule has 24 heavy (non-hydrogen) atoms. The van der Waals surface area contributed by atoms with Gasteiger partial charge in [-0.25, -0.2) is 4.79 Å². The molecule has 0 radical (unpaired) electrons. The van der Waals surface area contributed by atoms with Gasteiger partial charge in [0, 0.05) is 17.7 Å². The molecule has 1 aromatic heterocycles. The third-order valence-corrected chi connectivity index (χ3v) is 4.34. The molecular formula is C20H18N2O2. The Morgan fingerprint density at radius 3 is 2.67 bits per heavy atom. The second kappa shape index (κ2) is 5.96. The fourth-order valence-corrected chi connectivity index (χ4v) is 3.29. The van der Waals surface area contributed by atoms with Crippen molar-refractivity contribution in [3.05, 3.63) is 65.7 Å². The van der Waals surface area contributed by atoms with Crippen LogP contribution in [0.25, 0.3) is 22.5 Å². The van der Waals surface area contributed by atoms with Crippen molar-refractivity contribution in [2.75, 3.05) is 6.61 Å². The maximum Gasteiger partial charge on any atom is 0.342 e. The largest absolute Gasteiger partial charge is 0.462 e. The van der Waals surface area contributed by atoms with Crippen molar-refractivity contribution in [3.63, 3.8) is 0 Å². The lowest BCUT2D eigenvalue weighted by Gasteiger charge is -2.18. The zero-order valence-electron chi connectivity index (χ0n) is 13.5. The van der Waals surface area contributed by atoms with Gasteiger partial charge in [0.15, 0.2) is 0 Å². The molecule has 0 amide bonds. The van der Waals surface area contributed by atoms with Gasteiger partial charge >= 0.3 is 5.97 Å². The summed E-state index contributed by atoms with van der Waals surface area (Å²) in [7, 11) is 0. The Kier molecular flexibility index (Phi) is 3.65. The zero-order chi connectivity index (χ0) is 16.5. The van der Waals surface area contributed by atoms with E-state index in [0.717, 1.165) is 29.8 Å². The Labute approximate surface area is 140 Å². The number of aromatic nitrogens is 2. The Morgan fingerprint density at radius 2 is 1.88 bits per heavy atom. The number of nitrogens with zero attached hydrogens (tertiary/aromatic N) is 2. The van der Waals surface area contributed by atoms with E-state index in [1.165, 1.54) is 5.56 Å². The summed E-state index contributed by atoms with van der Waals surface area (Å²) >= 11 is 0. The molecule has 1 aliphatic rings. The molecule has 0 N–H and O–H groups in total. The molecule has 4 heteroatoms. The number of esters is 1. The van der Waals surface area contributed by atoms with Gasteiger partial charge in [-0.15, -0.1) is 0 Å². The van der Waals surface area contributed by atoms with E-state index in [9.17, 15) is 4.79 Å². The predicted octanol–water partition coefficient (Wildman–Crippen LogP) is 3.95. The smallest absolute Gasteiger partial charge is 0.342 e. The van der Waals surface area contributed by atoms with Gasteiger partial charge in [-0.1, -0.05) is 54.6 Å². The highest BCUT2D eigenvalue weighted by molar-refractivity contribution is 6.03. The summed E-state index contributed by atoms with van der Waals surface area (Å²) in [5, 5.41) is 4.74. The van der Waals surface area contributed by atoms with Crippen molar-refractivity contribution in [1.29, 1.82) is 0 Å². The molecule has 0 saturated heterocycles. The van der Waals surface area contributed by atoms with Crippen LogP contribution in [0.2, 0.25) is 0 Å². The van der Waals surface area contributed by atoms with Crippen molar-refractivity contribution in [3.8, 4) is 22.5 Å². The first kappa shape index (κ1) is 14.7. The van der Waals surface area contributed by atoms with Crippen LogP contribution in [-0.4, -0.2) is 22.4 Å². The van der Waals surface area contributed by atoms with Crippen LogP contribution in [0.4, 0.5) is 0 Å². The van der Waals surface area contributed by atoms with Gasteiger partial charge in [0.25, 0.3) is 0 Å². The maximum atomic E-state index is 12.7. The van der Waals surface area contributed by atoms with E-state index in [0.29, 0.717) is 17.9 Å². The van der Waals surface area contributed by atoms with Crippen molar-refractivity contribution in [2.24, 2.45) is 0 Å². The van der Waals surface area contributed by atoms with E-state index in [-0.39, 0.29) is 5.97 Å². The van der Waals surface area contributed by atoms with E-state index < -0.39 is 0 Å². The number of ether oxygens (including phenoxy) is 1. The molecule has 0 fully saturated rings. The van der Waals surface area contributed by atoms with E-state index in [1.54, 1.807) is 0 Å². The van der Waals surface area contributed by atoms with Crippen LogP contribution in [0, 0.1) is 0 Å². The molecule has 1 aliphatic heterocycles. The lowest BCUT2D eigenvalue weighted by atomic mass is 9.94. The van der Waals surface area contributed by atoms with Gasteiger partial charge < -0.3 is 4.74 Å². The molecule has 0 saturated carbocycles. The topological polar surface area (TPSA) is 44.1 Å². The van der Waals surface area contributed by atoms with Crippen LogP contribution in [0.1, 0.15) is 22.8 Å². The highest BCUT2D eigenvalue weighted by Gasteiger charge is 2.29. The van der Waals surface area contributed by atoms with Gasteiger partial charge in [0.2, 0.25) is 0 Å². The summed E-state index contributed by atoms with van der Waals surface area (Å²) in [6, 6.07) is 18.0. The molecule has 4 rings (SSSR count). The number of benzene rings is 2. The average molecular weight is 318 g/mol. The summed E-state index contributed by atoms with van der Waals surface area (Å²) in [6.45, 7) is 2.94. The first-order chi connectivity index (χ1) is 11.8. The van der Waals surface area contributed by atoms with Crippen molar-refractivity contribution < 1.29 is 9.53 Å². The Bertz CT molecular complexity index is 897. The molecular weight excluding hydrogens is 300 g/mol. The summed E-state index contributed by atoms with van der Waals surface area (Å²) in [4.78, 5) is 12.7. The molecule has 0 bridgehead atoms. The Hall–Kier alpha value is -2.88. The molecule has 4 nitrogen and oxygen atoms in total. The third-order valence-electron chi connectivity index (χ3n) is 4.34. The van der Waals surface area contributed by atoms with E-state index in [4.69, 9.17) is 9.84 Å². The summed E-state index contributed by atoms with van der Waals surface area (Å²) in [5.41, 5.74) is 5.38. The van der Waals surface area contributed by atoms with Crippen molar-refractivity contribution in [1.82, 2.24) is 9.78 Å². The summed E-state index contributed by atoms with van der Waals surface area (Å²) in [5.74, 6) is -0.311. The predicted molar refractivity (Wildman–Crippen MR) is 92.8 cm³/mol. The molecule has 0 spiro atoms. The van der Waals surface area contributed by atoms with E-state index >= 15 is 0 Å². The summed E-state index contributed by atoms with van der Waals surface area (Å²) < 4.78 is 7.28. The monoisotopic (exact) mass is 318 g/mol. The van der Waals surface area contributed by atoms with Crippen molar-refractivity contribution in [2.45, 2.75) is 19.9 Å². The fraction of sp³-hybridized carbons (Fsp3) is 0.200. The number of hydrogen-bond donors (Lipinski definition) is 0. The highest BCUT2D eigenvalue weighted by Crippen LogP contribution is 2.37. The highest BCUT2D eigenvalue weighted by atomic mass is 16.5. The minimum atomic E-state index is -0.311. The first-order valence-corrected chi connectivity index (χ1v) is 8.21. The molecule has 3 aromatic rings. The minimum absolute atomic E-state index is 0.311. The van der Waals surface area contributed by atoms with Gasteiger partial charge in [-0.2, -0.15) is 5.10 Å². The fourth-order valence-electron chi connectivity index (χ4n) is 3.29. The van der Waals surface area contributed by atoms with Crippen LogP contribution in [0.3, 0.4) is 0 Å². The quantitative estimate of drug-likeness (QED) is 0.687. The first-order valence-electron chi connectivity index (χ1n) is 8.21. The van der Waals surface area contributed by atoms with Crippen LogP contribution in [0.15, 0.2) is 54.6 Å². The summed E-state index contributed by atoms with van der Waals surface area (Å²) in [6.07, 6.45) is 0.918.